The molecule has 5 heteroatoms. The second-order valence-electron chi connectivity index (χ2n) is 9.75. The number of para-hydroxylation sites is 1. The molecule has 5 rings (SSSR count). The molecule has 1 aromatic carbocycles. The molecule has 152 valence electrons. The van der Waals surface area contributed by atoms with Crippen LogP contribution in [0, 0.1) is 16.2 Å². The molecule has 1 amide bonds. The second kappa shape index (κ2) is 5.53. The van der Waals surface area contributed by atoms with E-state index in [0.717, 1.165) is 23.2 Å². The first kappa shape index (κ1) is 18.5. The number of carbonyl (C=O) groups is 2. The molecule has 5 nitrogen and oxygen atoms in total. The van der Waals surface area contributed by atoms with Gasteiger partial charge < -0.3 is 14.2 Å². The molecule has 3 atom stereocenters. The zero-order valence-corrected chi connectivity index (χ0v) is 17.8. The lowest BCUT2D eigenvalue weighted by Gasteiger charge is -2.51. The molecule has 2 aliphatic heterocycles. The zero-order chi connectivity index (χ0) is 20.8. The Morgan fingerprint density at radius 2 is 1.90 bits per heavy atom. The molecular formula is C24H28N2O3. The Balaban J connectivity index is 1.62. The molecule has 1 aliphatic carbocycles. The monoisotopic (exact) mass is 392 g/mol. The van der Waals surface area contributed by atoms with Crippen molar-refractivity contribution >= 4 is 28.9 Å². The Kier molecular flexibility index (Phi) is 3.52. The number of ether oxygens (including phenoxy) is 1. The third-order valence-corrected chi connectivity index (χ3v) is 8.51. The van der Waals surface area contributed by atoms with Gasteiger partial charge in [-0.1, -0.05) is 39.0 Å². The van der Waals surface area contributed by atoms with Gasteiger partial charge in [0.25, 0.3) is 0 Å². The van der Waals surface area contributed by atoms with E-state index in [0.29, 0.717) is 13.0 Å². The van der Waals surface area contributed by atoms with Crippen molar-refractivity contribution in [3.63, 3.8) is 0 Å². The van der Waals surface area contributed by atoms with Crippen molar-refractivity contribution in [1.82, 2.24) is 9.47 Å². The first-order valence-corrected chi connectivity index (χ1v) is 10.4. The number of cyclic esters (lactones) is 1. The summed E-state index contributed by atoms with van der Waals surface area (Å²) in [5, 5.41) is 1.18. The number of carbonyl (C=O) groups excluding carboxylic acids is 2. The van der Waals surface area contributed by atoms with Crippen LogP contribution in [0.2, 0.25) is 0 Å². The van der Waals surface area contributed by atoms with Gasteiger partial charge in [0.1, 0.15) is 0 Å². The van der Waals surface area contributed by atoms with Crippen molar-refractivity contribution in [2.24, 2.45) is 23.3 Å². The summed E-state index contributed by atoms with van der Waals surface area (Å²) in [6.07, 6.45) is 5.25. The molecule has 3 aliphatic rings. The van der Waals surface area contributed by atoms with Crippen LogP contribution in [-0.4, -0.2) is 28.0 Å². The maximum absolute atomic E-state index is 14.0. The molecular weight excluding hydrogens is 364 g/mol. The van der Waals surface area contributed by atoms with Crippen LogP contribution >= 0.6 is 0 Å². The number of benzene rings is 1. The summed E-state index contributed by atoms with van der Waals surface area (Å²) in [7, 11) is 2.04. The first-order chi connectivity index (χ1) is 13.7. The molecule has 29 heavy (non-hydrogen) atoms. The topological polar surface area (TPSA) is 51.5 Å². The predicted octanol–water partition coefficient (Wildman–Crippen LogP) is 4.42. The van der Waals surface area contributed by atoms with Crippen LogP contribution in [-0.2, 0) is 21.4 Å². The summed E-state index contributed by atoms with van der Waals surface area (Å²) < 4.78 is 7.75. The maximum atomic E-state index is 14.0. The van der Waals surface area contributed by atoms with E-state index in [1.165, 1.54) is 5.39 Å². The van der Waals surface area contributed by atoms with Crippen LogP contribution in [0.25, 0.3) is 17.0 Å². The average molecular weight is 392 g/mol. The van der Waals surface area contributed by atoms with E-state index in [1.807, 2.05) is 38.4 Å². The van der Waals surface area contributed by atoms with Gasteiger partial charge in [0.05, 0.1) is 12.6 Å². The highest BCUT2D eigenvalue weighted by Gasteiger charge is 2.72. The van der Waals surface area contributed by atoms with E-state index in [9.17, 15) is 9.59 Å². The van der Waals surface area contributed by atoms with E-state index in [2.05, 4.69) is 37.5 Å². The first-order valence-electron chi connectivity index (χ1n) is 10.4. The number of esters is 1. The standard InChI is InChI=1S/C24H28N2O3/c1-15-19-17(16-8-6-7-9-18(16)25(19)5)10-13-26(15)20(27)24-12-11-23(4,22(24,2)3)14-29-21(24)28/h6-10,13,15H,11-12,14H2,1-5H3/t15-,23-,24-/m0/s1. The highest BCUT2D eigenvalue weighted by Crippen LogP contribution is 2.66. The number of rotatable bonds is 1. The van der Waals surface area contributed by atoms with Crippen LogP contribution in [0.5, 0.6) is 0 Å². The third kappa shape index (κ3) is 1.96. The van der Waals surface area contributed by atoms with E-state index >= 15 is 0 Å². The fourth-order valence-electron chi connectivity index (χ4n) is 6.03. The highest BCUT2D eigenvalue weighted by molar-refractivity contribution is 6.06. The van der Waals surface area contributed by atoms with Crippen LogP contribution < -0.4 is 0 Å². The molecule has 2 fully saturated rings. The number of amides is 1. The molecule has 2 bridgehead atoms. The van der Waals surface area contributed by atoms with Crippen LogP contribution in [0.3, 0.4) is 0 Å². The van der Waals surface area contributed by atoms with Crippen LogP contribution in [0.15, 0.2) is 30.5 Å². The SMILES string of the molecule is C[C@H]1c2c(c3ccccc3n2C)C=CN1C(=O)[C@@]12CC[C@@](C)(COC1=O)C2(C)C. The summed E-state index contributed by atoms with van der Waals surface area (Å²) in [5.41, 5.74) is 1.64. The molecule has 0 unspecified atom stereocenters. The van der Waals surface area contributed by atoms with Crippen LogP contribution in [0.1, 0.15) is 57.8 Å². The Bertz CT molecular complexity index is 1090. The summed E-state index contributed by atoms with van der Waals surface area (Å²) in [6, 6.07) is 8.13. The number of hydrogen-bond donors (Lipinski definition) is 0. The van der Waals surface area contributed by atoms with Crippen molar-refractivity contribution in [2.45, 2.75) is 46.6 Å². The fraction of sp³-hybridized carbons (Fsp3) is 0.500. The van der Waals surface area contributed by atoms with Gasteiger partial charge in [0.15, 0.2) is 5.41 Å². The summed E-state index contributed by atoms with van der Waals surface area (Å²) in [4.78, 5) is 28.9. The summed E-state index contributed by atoms with van der Waals surface area (Å²) >= 11 is 0. The highest BCUT2D eigenvalue weighted by atomic mass is 16.5. The summed E-state index contributed by atoms with van der Waals surface area (Å²) in [6.45, 7) is 8.72. The molecule has 1 saturated carbocycles. The molecule has 0 N–H and O–H groups in total. The van der Waals surface area contributed by atoms with Gasteiger partial charge in [-0.3, -0.25) is 9.59 Å². The maximum Gasteiger partial charge on any atom is 0.322 e. The van der Waals surface area contributed by atoms with Gasteiger partial charge in [-0.2, -0.15) is 0 Å². The Hall–Kier alpha value is -2.56. The quantitative estimate of drug-likeness (QED) is 0.533. The lowest BCUT2D eigenvalue weighted by molar-refractivity contribution is -0.193. The second-order valence-corrected chi connectivity index (χ2v) is 9.75. The summed E-state index contributed by atoms with van der Waals surface area (Å²) in [5.74, 6) is -0.485. The minimum Gasteiger partial charge on any atom is -0.464 e. The molecule has 1 aromatic heterocycles. The van der Waals surface area contributed by atoms with Gasteiger partial charge in [-0.15, -0.1) is 0 Å². The van der Waals surface area contributed by atoms with Gasteiger partial charge in [0, 0.05) is 40.8 Å². The Morgan fingerprint density at radius 3 is 2.66 bits per heavy atom. The van der Waals surface area contributed by atoms with Gasteiger partial charge >= 0.3 is 5.97 Å². The van der Waals surface area contributed by atoms with Crippen molar-refractivity contribution in [3.8, 4) is 0 Å². The smallest absolute Gasteiger partial charge is 0.322 e. The van der Waals surface area contributed by atoms with Crippen molar-refractivity contribution in [1.29, 1.82) is 0 Å². The van der Waals surface area contributed by atoms with E-state index in [-0.39, 0.29) is 23.3 Å². The molecule has 3 heterocycles. The number of aromatic nitrogens is 1. The Morgan fingerprint density at radius 1 is 1.17 bits per heavy atom. The number of fused-ring (bicyclic) bond motifs is 5. The molecule has 0 radical (unpaired) electrons. The minimum absolute atomic E-state index is 0.129. The predicted molar refractivity (Wildman–Crippen MR) is 112 cm³/mol. The van der Waals surface area contributed by atoms with E-state index < -0.39 is 10.8 Å². The number of aryl methyl sites for hydroxylation is 1. The average Bonchev–Trinajstić information content (AvgIpc) is 3.03. The lowest BCUT2D eigenvalue weighted by atomic mass is 9.57. The Labute approximate surface area is 171 Å². The van der Waals surface area contributed by atoms with Gasteiger partial charge in [0.2, 0.25) is 5.91 Å². The number of hydrogen-bond acceptors (Lipinski definition) is 3. The normalized spacial score (nSPS) is 32.4. The fourth-order valence-corrected chi connectivity index (χ4v) is 6.03. The van der Waals surface area contributed by atoms with Gasteiger partial charge in [-0.05, 0) is 37.3 Å². The molecule has 1 saturated heterocycles. The molecule has 0 spiro atoms. The van der Waals surface area contributed by atoms with E-state index in [4.69, 9.17) is 4.74 Å². The largest absolute Gasteiger partial charge is 0.464 e. The number of nitrogens with zero attached hydrogens (tertiary/aromatic N) is 2. The van der Waals surface area contributed by atoms with Crippen molar-refractivity contribution in [2.75, 3.05) is 6.61 Å². The van der Waals surface area contributed by atoms with Crippen LogP contribution in [0.4, 0.5) is 0 Å². The van der Waals surface area contributed by atoms with E-state index in [1.54, 1.807) is 4.90 Å². The minimum atomic E-state index is -1.12. The lowest BCUT2D eigenvalue weighted by Crippen LogP contribution is -2.60. The molecule has 2 aromatic rings. The zero-order valence-electron chi connectivity index (χ0n) is 17.8. The van der Waals surface area contributed by atoms with Crippen molar-refractivity contribution < 1.29 is 14.3 Å². The van der Waals surface area contributed by atoms with Crippen molar-refractivity contribution in [3.05, 3.63) is 41.7 Å². The third-order valence-electron chi connectivity index (χ3n) is 8.51. The van der Waals surface area contributed by atoms with Gasteiger partial charge in [-0.25, -0.2) is 0 Å².